The minimum absolute atomic E-state index is 0.0481. The topological polar surface area (TPSA) is 115 Å². The smallest absolute Gasteiger partial charge is 0.271 e. The lowest BCUT2D eigenvalue weighted by atomic mass is 10.2. The maximum absolute atomic E-state index is 11.0. The molecule has 0 saturated carbocycles. The summed E-state index contributed by atoms with van der Waals surface area (Å²) >= 11 is 0. The molecule has 2 aromatic heterocycles. The maximum atomic E-state index is 11.0. The van der Waals surface area contributed by atoms with Gasteiger partial charge >= 0.3 is 0 Å². The highest BCUT2D eigenvalue weighted by atomic mass is 16.6. The normalized spacial score (nSPS) is 14.7. The third-order valence-corrected chi connectivity index (χ3v) is 5.00. The van der Waals surface area contributed by atoms with Crippen molar-refractivity contribution >= 4 is 28.5 Å². The van der Waals surface area contributed by atoms with Gasteiger partial charge in [0, 0.05) is 44.5 Å². The number of nitrogens with one attached hydrogen (secondary N) is 1. The van der Waals surface area contributed by atoms with Gasteiger partial charge in [-0.1, -0.05) is 0 Å². The molecular formula is C19H19N7O2. The van der Waals surface area contributed by atoms with Crippen LogP contribution in [0.3, 0.4) is 0 Å². The third kappa shape index (κ3) is 3.32. The standard InChI is InChI=1S/C19H19N7O2/c1-13-9-18(21-12-14(13)11-20)24-5-2-6-25(8-7-24)19-22-16-4-3-15(26(27)28)10-17(16)23-19/h3-4,9-10,12H,2,5-8H2,1H3,(H,22,23). The largest absolute Gasteiger partial charge is 0.355 e. The van der Waals surface area contributed by atoms with Gasteiger partial charge in [0.25, 0.3) is 5.69 Å². The molecule has 4 rings (SSSR count). The highest BCUT2D eigenvalue weighted by Gasteiger charge is 2.19. The Hall–Kier alpha value is -3.67. The molecule has 9 heteroatoms. The molecule has 0 atom stereocenters. The van der Waals surface area contributed by atoms with Crippen molar-refractivity contribution in [3.63, 3.8) is 0 Å². The van der Waals surface area contributed by atoms with Crippen LogP contribution < -0.4 is 9.80 Å². The fourth-order valence-electron chi connectivity index (χ4n) is 3.44. The van der Waals surface area contributed by atoms with Crippen LogP contribution in [0.5, 0.6) is 0 Å². The molecule has 0 bridgehead atoms. The summed E-state index contributed by atoms with van der Waals surface area (Å²) in [6.07, 6.45) is 2.55. The molecule has 28 heavy (non-hydrogen) atoms. The first-order valence-electron chi connectivity index (χ1n) is 9.06. The van der Waals surface area contributed by atoms with E-state index < -0.39 is 4.92 Å². The summed E-state index contributed by atoms with van der Waals surface area (Å²) in [5.41, 5.74) is 2.94. The average molecular weight is 377 g/mol. The molecule has 0 amide bonds. The van der Waals surface area contributed by atoms with Gasteiger partial charge in [-0.2, -0.15) is 5.26 Å². The van der Waals surface area contributed by atoms with Crippen LogP contribution in [0.15, 0.2) is 30.5 Å². The molecule has 1 aromatic carbocycles. The second kappa shape index (κ2) is 7.15. The Morgan fingerprint density at radius 1 is 1.21 bits per heavy atom. The lowest BCUT2D eigenvalue weighted by Gasteiger charge is -2.23. The van der Waals surface area contributed by atoms with E-state index in [1.807, 2.05) is 13.0 Å². The first kappa shape index (κ1) is 17.7. The summed E-state index contributed by atoms with van der Waals surface area (Å²) in [4.78, 5) is 27.2. The van der Waals surface area contributed by atoms with Gasteiger partial charge in [-0.3, -0.25) is 10.1 Å². The number of imidazole rings is 1. The first-order chi connectivity index (χ1) is 13.5. The van der Waals surface area contributed by atoms with E-state index in [1.165, 1.54) is 12.1 Å². The number of nitro benzene ring substituents is 1. The van der Waals surface area contributed by atoms with Crippen molar-refractivity contribution in [2.75, 3.05) is 36.0 Å². The predicted octanol–water partition coefficient (Wildman–Crippen LogP) is 2.76. The lowest BCUT2D eigenvalue weighted by Crippen LogP contribution is -2.31. The van der Waals surface area contributed by atoms with Gasteiger partial charge in [0.05, 0.1) is 21.5 Å². The van der Waals surface area contributed by atoms with Crippen LogP contribution in [0.1, 0.15) is 17.5 Å². The molecule has 1 saturated heterocycles. The maximum Gasteiger partial charge on any atom is 0.271 e. The van der Waals surface area contributed by atoms with Crippen LogP contribution >= 0.6 is 0 Å². The first-order valence-corrected chi connectivity index (χ1v) is 9.06. The van der Waals surface area contributed by atoms with Crippen molar-refractivity contribution in [1.29, 1.82) is 5.26 Å². The van der Waals surface area contributed by atoms with E-state index in [0.717, 1.165) is 49.9 Å². The Morgan fingerprint density at radius 2 is 2.00 bits per heavy atom. The summed E-state index contributed by atoms with van der Waals surface area (Å²) in [5.74, 6) is 1.60. The van der Waals surface area contributed by atoms with Crippen molar-refractivity contribution in [3.8, 4) is 6.07 Å². The number of aromatic amines is 1. The van der Waals surface area contributed by atoms with E-state index in [0.29, 0.717) is 16.6 Å². The predicted molar refractivity (Wildman–Crippen MR) is 105 cm³/mol. The molecule has 3 heterocycles. The number of nitrogens with zero attached hydrogens (tertiary/aromatic N) is 6. The minimum Gasteiger partial charge on any atom is -0.355 e. The van der Waals surface area contributed by atoms with Gasteiger partial charge in [0.2, 0.25) is 5.95 Å². The number of non-ortho nitro benzene ring substituents is 1. The number of aromatic nitrogens is 3. The van der Waals surface area contributed by atoms with Crippen LogP contribution in [-0.4, -0.2) is 46.1 Å². The van der Waals surface area contributed by atoms with Crippen molar-refractivity contribution in [1.82, 2.24) is 15.0 Å². The fourth-order valence-corrected chi connectivity index (χ4v) is 3.44. The van der Waals surface area contributed by atoms with Gasteiger partial charge in [-0.15, -0.1) is 0 Å². The molecule has 9 nitrogen and oxygen atoms in total. The highest BCUT2D eigenvalue weighted by molar-refractivity contribution is 5.80. The zero-order chi connectivity index (χ0) is 19.7. The molecule has 1 aliphatic heterocycles. The number of rotatable bonds is 3. The zero-order valence-corrected chi connectivity index (χ0v) is 15.4. The second-order valence-electron chi connectivity index (χ2n) is 6.82. The zero-order valence-electron chi connectivity index (χ0n) is 15.4. The molecule has 142 valence electrons. The van der Waals surface area contributed by atoms with Gasteiger partial charge in [-0.25, -0.2) is 9.97 Å². The molecule has 0 radical (unpaired) electrons. The van der Waals surface area contributed by atoms with Crippen LogP contribution in [0.25, 0.3) is 11.0 Å². The minimum atomic E-state index is -0.406. The van der Waals surface area contributed by atoms with Crippen LogP contribution in [0, 0.1) is 28.4 Å². The average Bonchev–Trinajstić information content (AvgIpc) is 2.96. The highest BCUT2D eigenvalue weighted by Crippen LogP contribution is 2.24. The van der Waals surface area contributed by atoms with Crippen molar-refractivity contribution in [2.24, 2.45) is 0 Å². The molecule has 3 aromatic rings. The molecule has 0 unspecified atom stereocenters. The van der Waals surface area contributed by atoms with E-state index >= 15 is 0 Å². The van der Waals surface area contributed by atoms with Crippen LogP contribution in [0.4, 0.5) is 17.5 Å². The molecule has 1 fully saturated rings. The number of H-pyrrole nitrogens is 1. The Labute approximate surface area is 161 Å². The summed E-state index contributed by atoms with van der Waals surface area (Å²) in [6, 6.07) is 8.75. The number of anilines is 2. The Bertz CT molecular complexity index is 1090. The number of hydrogen-bond donors (Lipinski definition) is 1. The molecule has 1 aliphatic rings. The van der Waals surface area contributed by atoms with Gasteiger partial charge in [0.15, 0.2) is 0 Å². The Kier molecular flexibility index (Phi) is 4.53. The summed E-state index contributed by atoms with van der Waals surface area (Å²) in [5, 5.41) is 20.0. The van der Waals surface area contributed by atoms with Crippen molar-refractivity contribution < 1.29 is 4.92 Å². The lowest BCUT2D eigenvalue weighted by molar-refractivity contribution is -0.384. The van der Waals surface area contributed by atoms with E-state index in [9.17, 15) is 10.1 Å². The Balaban J connectivity index is 1.52. The monoisotopic (exact) mass is 377 g/mol. The van der Waals surface area contributed by atoms with Gasteiger partial charge in [-0.05, 0) is 31.0 Å². The second-order valence-corrected chi connectivity index (χ2v) is 6.82. The molecule has 0 spiro atoms. The van der Waals surface area contributed by atoms with E-state index in [2.05, 4.69) is 30.8 Å². The molecule has 0 aliphatic carbocycles. The third-order valence-electron chi connectivity index (χ3n) is 5.00. The van der Waals surface area contributed by atoms with Gasteiger partial charge in [0.1, 0.15) is 11.9 Å². The number of nitro groups is 1. The summed E-state index contributed by atoms with van der Waals surface area (Å²) in [6.45, 7) is 5.13. The quantitative estimate of drug-likeness (QED) is 0.551. The number of benzene rings is 1. The number of aryl methyl sites for hydroxylation is 1. The Morgan fingerprint density at radius 3 is 2.75 bits per heavy atom. The fraction of sp³-hybridized carbons (Fsp3) is 0.316. The number of fused-ring (bicyclic) bond motifs is 1. The van der Waals surface area contributed by atoms with Crippen molar-refractivity contribution in [3.05, 3.63) is 51.7 Å². The molecule has 1 N–H and O–H groups in total. The van der Waals surface area contributed by atoms with Gasteiger partial charge < -0.3 is 14.8 Å². The van der Waals surface area contributed by atoms with Crippen LogP contribution in [0.2, 0.25) is 0 Å². The van der Waals surface area contributed by atoms with Crippen molar-refractivity contribution in [2.45, 2.75) is 13.3 Å². The number of nitriles is 1. The van der Waals surface area contributed by atoms with Crippen LogP contribution in [-0.2, 0) is 0 Å². The SMILES string of the molecule is Cc1cc(N2CCCN(c3nc4ccc([N+](=O)[O-])cc4[nH]3)CC2)ncc1C#N. The van der Waals surface area contributed by atoms with E-state index in [4.69, 9.17) is 5.26 Å². The van der Waals surface area contributed by atoms with E-state index in [-0.39, 0.29) is 5.69 Å². The summed E-state index contributed by atoms with van der Waals surface area (Å²) < 4.78 is 0. The summed E-state index contributed by atoms with van der Waals surface area (Å²) in [7, 11) is 0. The number of hydrogen-bond acceptors (Lipinski definition) is 7. The number of pyridine rings is 1. The molecular weight excluding hydrogens is 358 g/mol. The van der Waals surface area contributed by atoms with E-state index in [1.54, 1.807) is 12.3 Å².